The number of diazo groups is 1. The van der Waals surface area contributed by atoms with Crippen molar-refractivity contribution < 1.29 is 4.42 Å². The van der Waals surface area contributed by atoms with Crippen molar-refractivity contribution >= 4 is 27.6 Å². The molecule has 4 nitrogen and oxygen atoms in total. The molecule has 98 valence electrons. The summed E-state index contributed by atoms with van der Waals surface area (Å²) in [5, 5.41) is 10.9. The van der Waals surface area contributed by atoms with E-state index < -0.39 is 0 Å². The lowest BCUT2D eigenvalue weighted by molar-refractivity contribution is 0.620. The summed E-state index contributed by atoms with van der Waals surface area (Å²) in [7, 11) is 0. The third-order valence-corrected chi connectivity index (χ3v) is 3.51. The predicted molar refractivity (Wildman–Crippen MR) is 81.7 cm³/mol. The van der Waals surface area contributed by atoms with Crippen LogP contribution < -0.4 is 0 Å². The topological polar surface area (TPSA) is 54.2 Å². The molecule has 0 saturated carbocycles. The van der Waals surface area contributed by atoms with Gasteiger partial charge in [0.15, 0.2) is 10.6 Å². The Morgan fingerprint density at radius 2 is 1.71 bits per heavy atom. The molecule has 0 fully saturated rings. The van der Waals surface area contributed by atoms with Crippen molar-refractivity contribution in [3.05, 3.63) is 65.6 Å². The molecule has 0 amide bonds. The molecule has 0 aliphatic rings. The first-order valence-corrected chi connectivity index (χ1v) is 6.59. The number of aromatic nitrogens is 1. The average molecular weight is 272 g/mol. The summed E-state index contributed by atoms with van der Waals surface area (Å²) in [6, 6.07) is 19.1. The largest absolute Gasteiger partial charge is 0.436 e. The summed E-state index contributed by atoms with van der Waals surface area (Å²) in [5.74, 6) is 0.561. The van der Waals surface area contributed by atoms with E-state index in [1.165, 1.54) is 0 Å². The van der Waals surface area contributed by atoms with Crippen LogP contribution in [0.5, 0.6) is 0 Å². The Labute approximate surface area is 120 Å². The molecule has 1 aromatic heterocycles. The summed E-state index contributed by atoms with van der Waals surface area (Å²) < 4.78 is 5.83. The molecule has 0 spiro atoms. The van der Waals surface area contributed by atoms with Crippen LogP contribution in [0.25, 0.3) is 38.3 Å². The van der Waals surface area contributed by atoms with Crippen molar-refractivity contribution in [1.29, 1.82) is 5.39 Å². The third kappa shape index (κ3) is 1.84. The molecule has 4 heteroatoms. The van der Waals surface area contributed by atoms with E-state index in [0.29, 0.717) is 11.6 Å². The van der Waals surface area contributed by atoms with E-state index in [0.717, 1.165) is 27.4 Å². The number of oxazole rings is 1. The van der Waals surface area contributed by atoms with Crippen molar-refractivity contribution in [1.82, 2.24) is 4.98 Å². The van der Waals surface area contributed by atoms with Gasteiger partial charge in [0.1, 0.15) is 5.52 Å². The first-order chi connectivity index (χ1) is 10.3. The Morgan fingerprint density at radius 3 is 2.52 bits per heavy atom. The van der Waals surface area contributed by atoms with Crippen LogP contribution in [0, 0.1) is 5.39 Å². The zero-order chi connectivity index (χ0) is 14.2. The highest BCUT2D eigenvalue weighted by atomic mass is 16.3. The van der Waals surface area contributed by atoms with Crippen molar-refractivity contribution in [2.45, 2.75) is 0 Å². The van der Waals surface area contributed by atoms with Gasteiger partial charge in [0, 0.05) is 23.1 Å². The lowest BCUT2D eigenvalue weighted by Crippen LogP contribution is -1.77. The Balaban J connectivity index is 1.94. The van der Waals surface area contributed by atoms with Gasteiger partial charge in [-0.1, -0.05) is 30.3 Å². The zero-order valence-electron chi connectivity index (χ0n) is 11.0. The minimum absolute atomic E-state index is 0.500. The van der Waals surface area contributed by atoms with Crippen LogP contribution in [0.2, 0.25) is 0 Å². The summed E-state index contributed by atoms with van der Waals surface area (Å²) >= 11 is 0. The smallest absolute Gasteiger partial charge is 0.385 e. The molecule has 0 bridgehead atoms. The van der Waals surface area contributed by atoms with Crippen molar-refractivity contribution in [3.63, 3.8) is 0 Å². The Bertz CT molecular complexity index is 994. The fraction of sp³-hybridized carbons (Fsp3) is 0. The Hall–Kier alpha value is -3.19. The number of fused-ring (bicyclic) bond motifs is 3. The van der Waals surface area contributed by atoms with Crippen molar-refractivity contribution in [2.24, 2.45) is 0 Å². The number of hydrogen-bond acceptors (Lipinski definition) is 3. The first kappa shape index (κ1) is 11.6. The number of nitrogens with zero attached hydrogens (tertiary/aromatic N) is 3. The molecule has 0 unspecified atom stereocenters. The maximum absolute atomic E-state index is 8.72. The van der Waals surface area contributed by atoms with Gasteiger partial charge in [-0.05, 0) is 23.6 Å². The molecule has 0 aliphatic carbocycles. The number of hydrogen-bond donors (Lipinski definition) is 0. The Kier molecular flexibility index (Phi) is 2.45. The van der Waals surface area contributed by atoms with Gasteiger partial charge in [0.2, 0.25) is 11.3 Å². The van der Waals surface area contributed by atoms with Crippen LogP contribution >= 0.6 is 0 Å². The van der Waals surface area contributed by atoms with Crippen LogP contribution in [0.15, 0.2) is 65.1 Å². The highest BCUT2D eigenvalue weighted by Crippen LogP contribution is 2.30. The summed E-state index contributed by atoms with van der Waals surface area (Å²) in [5.41, 5.74) is 2.97. The van der Waals surface area contributed by atoms with Crippen molar-refractivity contribution in [3.8, 4) is 11.5 Å². The third-order valence-electron chi connectivity index (χ3n) is 3.51. The Morgan fingerprint density at radius 1 is 0.905 bits per heavy atom. The van der Waals surface area contributed by atoms with Gasteiger partial charge in [0.05, 0.1) is 0 Å². The lowest BCUT2D eigenvalue weighted by atomic mass is 10.1. The maximum Gasteiger partial charge on any atom is 0.385 e. The maximum atomic E-state index is 8.72. The number of benzene rings is 3. The monoisotopic (exact) mass is 272 g/mol. The minimum atomic E-state index is 0.500. The van der Waals surface area contributed by atoms with E-state index in [1.807, 2.05) is 42.5 Å². The molecule has 0 saturated heterocycles. The van der Waals surface area contributed by atoms with E-state index in [1.54, 1.807) is 12.1 Å². The van der Waals surface area contributed by atoms with Gasteiger partial charge < -0.3 is 4.42 Å². The van der Waals surface area contributed by atoms with E-state index >= 15 is 0 Å². The van der Waals surface area contributed by atoms with Gasteiger partial charge in [-0.3, -0.25) is 0 Å². The van der Waals surface area contributed by atoms with Crippen molar-refractivity contribution in [2.75, 3.05) is 0 Å². The predicted octanol–water partition coefficient (Wildman–Crippen LogP) is 5.13. The summed E-state index contributed by atoms with van der Waals surface area (Å²) in [4.78, 5) is 7.74. The van der Waals surface area contributed by atoms with E-state index in [4.69, 9.17) is 9.81 Å². The molecule has 1 heterocycles. The fourth-order valence-corrected chi connectivity index (χ4v) is 2.46. The molecular formula is C17H10N3O+. The molecule has 0 aliphatic heterocycles. The highest BCUT2D eigenvalue weighted by molar-refractivity contribution is 6.03. The molecule has 0 atom stereocenters. The first-order valence-electron chi connectivity index (χ1n) is 6.59. The summed E-state index contributed by atoms with van der Waals surface area (Å²) in [6.07, 6.45) is 0. The second kappa shape index (κ2) is 4.43. The van der Waals surface area contributed by atoms with Crippen LogP contribution in [0.1, 0.15) is 0 Å². The quantitative estimate of drug-likeness (QED) is 0.451. The summed E-state index contributed by atoms with van der Waals surface area (Å²) in [6.45, 7) is 0. The lowest BCUT2D eigenvalue weighted by Gasteiger charge is -1.95. The SMILES string of the molecule is N#[N+]c1ccc(-c2nc3c(ccc4ccccc43)o2)cc1. The molecule has 4 rings (SSSR count). The highest BCUT2D eigenvalue weighted by Gasteiger charge is 2.12. The molecule has 0 radical (unpaired) electrons. The zero-order valence-corrected chi connectivity index (χ0v) is 11.0. The van der Waals surface area contributed by atoms with Gasteiger partial charge in [0.25, 0.3) is 0 Å². The molecule has 4 aromatic rings. The standard InChI is InChI=1S/C17H10N3O/c18-20-13-8-5-12(6-9-13)17-19-16-14-4-2-1-3-11(14)7-10-15(16)21-17/h1-10H/q+1. The van der Waals surface area contributed by atoms with Gasteiger partial charge in [-0.15, -0.1) is 0 Å². The number of rotatable bonds is 1. The van der Waals surface area contributed by atoms with E-state index in [9.17, 15) is 0 Å². The molecule has 0 N–H and O–H groups in total. The fourth-order valence-electron chi connectivity index (χ4n) is 2.46. The van der Waals surface area contributed by atoms with E-state index in [-0.39, 0.29) is 0 Å². The molecule has 21 heavy (non-hydrogen) atoms. The second-order valence-electron chi connectivity index (χ2n) is 4.80. The van der Waals surface area contributed by atoms with E-state index in [2.05, 4.69) is 16.0 Å². The van der Waals surface area contributed by atoms with Crippen LogP contribution in [0.3, 0.4) is 0 Å². The van der Waals surface area contributed by atoms with Gasteiger partial charge >= 0.3 is 5.69 Å². The average Bonchev–Trinajstić information content (AvgIpc) is 2.99. The van der Waals surface area contributed by atoms with Crippen LogP contribution in [-0.2, 0) is 0 Å². The van der Waals surface area contributed by atoms with Gasteiger partial charge in [-0.2, -0.15) is 0 Å². The molecular weight excluding hydrogens is 262 g/mol. The van der Waals surface area contributed by atoms with Crippen LogP contribution in [0.4, 0.5) is 5.69 Å². The second-order valence-corrected chi connectivity index (χ2v) is 4.80. The van der Waals surface area contributed by atoms with Crippen LogP contribution in [-0.4, -0.2) is 4.98 Å². The minimum Gasteiger partial charge on any atom is -0.436 e. The van der Waals surface area contributed by atoms with Gasteiger partial charge in [-0.25, -0.2) is 4.98 Å². The normalized spacial score (nSPS) is 10.8. The molecule has 3 aromatic carbocycles.